The van der Waals surface area contributed by atoms with E-state index in [9.17, 15) is 9.59 Å². The van der Waals surface area contributed by atoms with Gasteiger partial charge in [0, 0.05) is 24.1 Å². The van der Waals surface area contributed by atoms with E-state index in [1.54, 1.807) is 12.1 Å². The number of fused-ring (bicyclic) bond motifs is 2. The molecule has 0 spiro atoms. The van der Waals surface area contributed by atoms with Crippen molar-refractivity contribution in [3.63, 3.8) is 0 Å². The van der Waals surface area contributed by atoms with E-state index in [-0.39, 0.29) is 31.0 Å². The summed E-state index contributed by atoms with van der Waals surface area (Å²) in [5.41, 5.74) is 5.63. The molecule has 5 rings (SSSR count). The van der Waals surface area contributed by atoms with Crippen molar-refractivity contribution >= 4 is 17.5 Å². The number of ether oxygens (including phenoxy) is 3. The molecule has 2 N–H and O–H groups in total. The van der Waals surface area contributed by atoms with E-state index >= 15 is 0 Å². The first kappa shape index (κ1) is 22.5. The van der Waals surface area contributed by atoms with E-state index in [2.05, 4.69) is 15.8 Å². The molecule has 0 bridgehead atoms. The van der Waals surface area contributed by atoms with Crippen LogP contribution in [-0.4, -0.2) is 30.9 Å². The number of furan rings is 1. The fraction of sp³-hybridized carbons (Fsp3) is 0.269. The summed E-state index contributed by atoms with van der Waals surface area (Å²) in [5.74, 6) is 2.25. The quantitative estimate of drug-likeness (QED) is 0.506. The Morgan fingerprint density at radius 3 is 2.74 bits per heavy atom. The van der Waals surface area contributed by atoms with Crippen LogP contribution in [0.15, 0.2) is 58.0 Å². The first-order chi connectivity index (χ1) is 17.1. The standard InChI is InChI=1S/C26H25N3O6/c1-16-24-19(28-29-23(30)14-32-18-6-3-2-4-7-18)8-5-9-21(24)35-25(16)26(31)27-13-17-10-11-20-22(12-17)34-15-33-20/h2-4,6-7,10-12H,5,8-9,13-15H2,1H3,(H,27,31)(H,29,30)/b28-19+. The van der Waals surface area contributed by atoms with Crippen LogP contribution in [0.25, 0.3) is 0 Å². The highest BCUT2D eigenvalue weighted by Gasteiger charge is 2.28. The molecule has 35 heavy (non-hydrogen) atoms. The maximum Gasteiger partial charge on any atom is 0.287 e. The van der Waals surface area contributed by atoms with Crippen LogP contribution < -0.4 is 25.0 Å². The van der Waals surface area contributed by atoms with Crippen molar-refractivity contribution in [2.24, 2.45) is 5.10 Å². The fourth-order valence-electron chi connectivity index (χ4n) is 4.14. The largest absolute Gasteiger partial charge is 0.484 e. The predicted octanol–water partition coefficient (Wildman–Crippen LogP) is 3.48. The van der Waals surface area contributed by atoms with Crippen molar-refractivity contribution in [2.45, 2.75) is 32.7 Å². The van der Waals surface area contributed by atoms with Gasteiger partial charge < -0.3 is 23.9 Å². The molecule has 0 atom stereocenters. The number of nitrogens with one attached hydrogen (secondary N) is 2. The molecule has 3 aromatic rings. The Kier molecular flexibility index (Phi) is 6.38. The van der Waals surface area contributed by atoms with Crippen LogP contribution in [0.2, 0.25) is 0 Å². The lowest BCUT2D eigenvalue weighted by molar-refractivity contribution is -0.123. The van der Waals surface area contributed by atoms with Crippen molar-refractivity contribution in [2.75, 3.05) is 13.4 Å². The van der Waals surface area contributed by atoms with Gasteiger partial charge in [0.2, 0.25) is 6.79 Å². The van der Waals surface area contributed by atoms with E-state index < -0.39 is 0 Å². The zero-order chi connectivity index (χ0) is 24.2. The van der Waals surface area contributed by atoms with Gasteiger partial charge in [-0.15, -0.1) is 0 Å². The summed E-state index contributed by atoms with van der Waals surface area (Å²) in [4.78, 5) is 25.1. The lowest BCUT2D eigenvalue weighted by atomic mass is 9.93. The van der Waals surface area contributed by atoms with Gasteiger partial charge in [0.05, 0.1) is 5.71 Å². The van der Waals surface area contributed by atoms with E-state index in [1.165, 1.54) is 0 Å². The summed E-state index contributed by atoms with van der Waals surface area (Å²) in [6, 6.07) is 14.6. The van der Waals surface area contributed by atoms with Gasteiger partial charge in [-0.05, 0) is 49.6 Å². The Morgan fingerprint density at radius 2 is 1.89 bits per heavy atom. The van der Waals surface area contributed by atoms with Crippen LogP contribution in [0.4, 0.5) is 0 Å². The molecule has 1 aliphatic heterocycles. The molecular formula is C26H25N3O6. The van der Waals surface area contributed by atoms with Crippen LogP contribution >= 0.6 is 0 Å². The number of carbonyl (C=O) groups excluding carboxylic acids is 2. The third-order valence-electron chi connectivity index (χ3n) is 5.85. The van der Waals surface area contributed by atoms with E-state index in [1.807, 2.05) is 43.3 Å². The second kappa shape index (κ2) is 9.92. The third kappa shape index (κ3) is 4.98. The number of hydrogen-bond donors (Lipinski definition) is 2. The molecule has 1 aromatic heterocycles. The second-order valence-electron chi connectivity index (χ2n) is 8.27. The van der Waals surface area contributed by atoms with E-state index in [0.29, 0.717) is 53.7 Å². The number of hydrazone groups is 1. The molecule has 0 unspecified atom stereocenters. The molecular weight excluding hydrogens is 450 g/mol. The molecule has 9 heteroatoms. The van der Waals surface area contributed by atoms with Crippen LogP contribution in [0, 0.1) is 6.92 Å². The molecule has 2 aliphatic rings. The predicted molar refractivity (Wildman–Crippen MR) is 127 cm³/mol. The average molecular weight is 476 g/mol. The van der Waals surface area contributed by atoms with Crippen LogP contribution in [-0.2, 0) is 17.8 Å². The number of amides is 2. The van der Waals surface area contributed by atoms with Gasteiger partial charge in [-0.3, -0.25) is 9.59 Å². The highest BCUT2D eigenvalue weighted by molar-refractivity contribution is 6.06. The molecule has 0 saturated heterocycles. The van der Waals surface area contributed by atoms with Gasteiger partial charge >= 0.3 is 0 Å². The van der Waals surface area contributed by atoms with Crippen LogP contribution in [0.3, 0.4) is 0 Å². The van der Waals surface area contributed by atoms with Gasteiger partial charge in [-0.1, -0.05) is 24.3 Å². The normalized spacial score (nSPS) is 14.9. The van der Waals surface area contributed by atoms with Crippen LogP contribution in [0.5, 0.6) is 17.2 Å². The van der Waals surface area contributed by atoms with Crippen molar-refractivity contribution < 1.29 is 28.2 Å². The summed E-state index contributed by atoms with van der Waals surface area (Å²) in [5, 5.41) is 7.22. The van der Waals surface area contributed by atoms with Crippen molar-refractivity contribution in [1.82, 2.24) is 10.7 Å². The highest BCUT2D eigenvalue weighted by atomic mass is 16.7. The molecule has 2 aromatic carbocycles. The minimum Gasteiger partial charge on any atom is -0.484 e. The summed E-state index contributed by atoms with van der Waals surface area (Å²) < 4.78 is 22.1. The Morgan fingerprint density at radius 1 is 1.06 bits per heavy atom. The Labute approximate surface area is 202 Å². The second-order valence-corrected chi connectivity index (χ2v) is 8.27. The van der Waals surface area contributed by atoms with Crippen LogP contribution in [0.1, 0.15) is 45.8 Å². The number of aryl methyl sites for hydroxylation is 1. The SMILES string of the molecule is Cc1c(C(=O)NCc2ccc3c(c2)OCO3)oc2c1/C(=N/NC(=O)COc1ccccc1)CCC2. The number of benzene rings is 2. The molecule has 0 fully saturated rings. The third-order valence-corrected chi connectivity index (χ3v) is 5.85. The zero-order valence-electron chi connectivity index (χ0n) is 19.3. The summed E-state index contributed by atoms with van der Waals surface area (Å²) in [6.45, 7) is 2.20. The lowest BCUT2D eigenvalue weighted by Gasteiger charge is -2.13. The average Bonchev–Trinajstić information content (AvgIpc) is 3.49. The molecule has 0 saturated carbocycles. The Hall–Kier alpha value is -4.27. The van der Waals surface area contributed by atoms with Crippen molar-refractivity contribution in [1.29, 1.82) is 0 Å². The van der Waals surface area contributed by atoms with E-state index in [4.69, 9.17) is 18.6 Å². The molecule has 180 valence electrons. The van der Waals surface area contributed by atoms with Gasteiger partial charge in [0.1, 0.15) is 11.5 Å². The molecule has 2 heterocycles. The van der Waals surface area contributed by atoms with Gasteiger partial charge in [-0.25, -0.2) is 5.43 Å². The zero-order valence-corrected chi connectivity index (χ0v) is 19.3. The Bertz CT molecular complexity index is 1280. The smallest absolute Gasteiger partial charge is 0.287 e. The highest BCUT2D eigenvalue weighted by Crippen LogP contribution is 2.33. The summed E-state index contributed by atoms with van der Waals surface area (Å²) in [6.07, 6.45) is 2.19. The topological polar surface area (TPSA) is 111 Å². The number of rotatable bonds is 7. The fourth-order valence-corrected chi connectivity index (χ4v) is 4.14. The Balaban J connectivity index is 1.23. The monoisotopic (exact) mass is 475 g/mol. The molecule has 2 amide bonds. The van der Waals surface area contributed by atoms with Gasteiger partial charge in [-0.2, -0.15) is 5.10 Å². The first-order valence-corrected chi connectivity index (χ1v) is 11.4. The molecule has 0 radical (unpaired) electrons. The number of nitrogens with zero attached hydrogens (tertiary/aromatic N) is 1. The van der Waals surface area contributed by atoms with E-state index in [0.717, 1.165) is 17.5 Å². The summed E-state index contributed by atoms with van der Waals surface area (Å²) in [7, 11) is 0. The van der Waals surface area contributed by atoms with Crippen molar-refractivity contribution in [3.05, 3.63) is 76.7 Å². The molecule has 9 nitrogen and oxygen atoms in total. The number of hydrogen-bond acceptors (Lipinski definition) is 7. The minimum atomic E-state index is -0.365. The summed E-state index contributed by atoms with van der Waals surface area (Å²) >= 11 is 0. The number of carbonyl (C=O) groups is 2. The minimum absolute atomic E-state index is 0.147. The maximum atomic E-state index is 12.9. The maximum absolute atomic E-state index is 12.9. The van der Waals surface area contributed by atoms with Gasteiger partial charge in [0.15, 0.2) is 23.9 Å². The lowest BCUT2D eigenvalue weighted by Crippen LogP contribution is -2.27. The number of para-hydroxylation sites is 1. The molecule has 1 aliphatic carbocycles. The first-order valence-electron chi connectivity index (χ1n) is 11.4. The van der Waals surface area contributed by atoms with Gasteiger partial charge in [0.25, 0.3) is 11.8 Å². The van der Waals surface area contributed by atoms with Crippen molar-refractivity contribution in [3.8, 4) is 17.2 Å².